The van der Waals surface area contributed by atoms with E-state index in [4.69, 9.17) is 4.74 Å². The first-order valence-electron chi connectivity index (χ1n) is 6.00. The predicted octanol–water partition coefficient (Wildman–Crippen LogP) is 2.78. The average molecular weight is 213 g/mol. The molecule has 0 aromatic rings. The SMILES string of the molecule is CC(C)(C)COC1CN(CC(C)(C)C)C1. The highest BCUT2D eigenvalue weighted by Crippen LogP contribution is 2.22. The number of nitrogens with zero attached hydrogens (tertiary/aromatic N) is 1. The normalized spacial score (nSPS) is 20.4. The van der Waals surface area contributed by atoms with Crippen LogP contribution >= 0.6 is 0 Å². The quantitative estimate of drug-likeness (QED) is 0.715. The molecule has 2 heteroatoms. The first kappa shape index (κ1) is 13.0. The highest BCUT2D eigenvalue weighted by molar-refractivity contribution is 4.84. The predicted molar refractivity (Wildman–Crippen MR) is 65.1 cm³/mol. The second-order valence-corrected chi connectivity index (χ2v) is 7.25. The summed E-state index contributed by atoms with van der Waals surface area (Å²) >= 11 is 0. The van der Waals surface area contributed by atoms with Crippen LogP contribution in [0.4, 0.5) is 0 Å². The molecule has 2 nitrogen and oxygen atoms in total. The third kappa shape index (κ3) is 5.53. The van der Waals surface area contributed by atoms with Crippen LogP contribution < -0.4 is 0 Å². The van der Waals surface area contributed by atoms with E-state index in [1.165, 1.54) is 6.54 Å². The number of rotatable bonds is 3. The lowest BCUT2D eigenvalue weighted by molar-refractivity contribution is -0.0833. The van der Waals surface area contributed by atoms with Crippen molar-refractivity contribution in [2.45, 2.75) is 47.6 Å². The molecule has 1 aliphatic rings. The molecule has 15 heavy (non-hydrogen) atoms. The van der Waals surface area contributed by atoms with Gasteiger partial charge in [0.15, 0.2) is 0 Å². The maximum absolute atomic E-state index is 5.85. The van der Waals surface area contributed by atoms with Crippen molar-refractivity contribution >= 4 is 0 Å². The third-order valence-corrected chi connectivity index (χ3v) is 2.37. The number of hydrogen-bond donors (Lipinski definition) is 0. The fourth-order valence-electron chi connectivity index (χ4n) is 1.80. The van der Waals surface area contributed by atoms with Crippen LogP contribution in [0.5, 0.6) is 0 Å². The van der Waals surface area contributed by atoms with E-state index in [1.54, 1.807) is 0 Å². The molecule has 1 aliphatic heterocycles. The lowest BCUT2D eigenvalue weighted by Crippen LogP contribution is -2.54. The summed E-state index contributed by atoms with van der Waals surface area (Å²) in [5.41, 5.74) is 0.708. The molecule has 0 N–H and O–H groups in total. The monoisotopic (exact) mass is 213 g/mol. The zero-order chi connectivity index (χ0) is 11.7. The lowest BCUT2D eigenvalue weighted by atomic mass is 9.94. The second kappa shape index (κ2) is 4.42. The maximum atomic E-state index is 5.85. The first-order chi connectivity index (χ1) is 6.66. The molecule has 0 unspecified atom stereocenters. The summed E-state index contributed by atoms with van der Waals surface area (Å²) in [4.78, 5) is 2.48. The van der Waals surface area contributed by atoms with Gasteiger partial charge in [0.2, 0.25) is 0 Å². The van der Waals surface area contributed by atoms with Crippen LogP contribution in [0.15, 0.2) is 0 Å². The summed E-state index contributed by atoms with van der Waals surface area (Å²) in [6.45, 7) is 17.8. The largest absolute Gasteiger partial charge is 0.375 e. The number of ether oxygens (including phenoxy) is 1. The van der Waals surface area contributed by atoms with Gasteiger partial charge in [-0.1, -0.05) is 41.5 Å². The van der Waals surface area contributed by atoms with Crippen molar-refractivity contribution in [1.29, 1.82) is 0 Å². The van der Waals surface area contributed by atoms with Crippen molar-refractivity contribution in [3.05, 3.63) is 0 Å². The van der Waals surface area contributed by atoms with Gasteiger partial charge in [-0.05, 0) is 10.8 Å². The minimum atomic E-state index is 0.296. The van der Waals surface area contributed by atoms with Gasteiger partial charge in [0.1, 0.15) is 0 Å². The fraction of sp³-hybridized carbons (Fsp3) is 1.00. The molecular weight excluding hydrogens is 186 g/mol. The second-order valence-electron chi connectivity index (χ2n) is 7.25. The van der Waals surface area contributed by atoms with Gasteiger partial charge in [0, 0.05) is 19.6 Å². The van der Waals surface area contributed by atoms with Crippen LogP contribution in [0.1, 0.15) is 41.5 Å². The summed E-state index contributed by atoms with van der Waals surface area (Å²) in [5.74, 6) is 0. The highest BCUT2D eigenvalue weighted by Gasteiger charge is 2.30. The molecule has 0 radical (unpaired) electrons. The Hall–Kier alpha value is -0.0800. The van der Waals surface area contributed by atoms with Crippen molar-refractivity contribution < 1.29 is 4.74 Å². The molecule has 0 atom stereocenters. The first-order valence-corrected chi connectivity index (χ1v) is 6.00. The van der Waals surface area contributed by atoms with E-state index >= 15 is 0 Å². The Balaban J connectivity index is 2.11. The molecular formula is C13H27NO. The van der Waals surface area contributed by atoms with Crippen molar-refractivity contribution in [2.75, 3.05) is 26.2 Å². The fourth-order valence-corrected chi connectivity index (χ4v) is 1.80. The van der Waals surface area contributed by atoms with Crippen LogP contribution in [-0.2, 0) is 4.74 Å². The number of hydrogen-bond acceptors (Lipinski definition) is 2. The van der Waals surface area contributed by atoms with Crippen molar-refractivity contribution in [2.24, 2.45) is 10.8 Å². The van der Waals surface area contributed by atoms with Crippen LogP contribution in [0.2, 0.25) is 0 Å². The summed E-state index contributed by atoms with van der Waals surface area (Å²) in [5, 5.41) is 0. The van der Waals surface area contributed by atoms with Crippen LogP contribution in [0, 0.1) is 10.8 Å². The van der Waals surface area contributed by atoms with Crippen molar-refractivity contribution in [3.8, 4) is 0 Å². The van der Waals surface area contributed by atoms with Gasteiger partial charge in [0.25, 0.3) is 0 Å². The standard InChI is InChI=1S/C13H27NO/c1-12(2,3)9-14-7-11(8-14)15-10-13(4,5)6/h11H,7-10H2,1-6H3. The Morgan fingerprint density at radius 1 is 1.00 bits per heavy atom. The van der Waals surface area contributed by atoms with Crippen LogP contribution in [0.3, 0.4) is 0 Å². The van der Waals surface area contributed by atoms with Gasteiger partial charge in [0.05, 0.1) is 12.7 Å². The molecule has 1 fully saturated rings. The molecule has 0 aromatic carbocycles. The average Bonchev–Trinajstić information content (AvgIpc) is 1.89. The Kier molecular flexibility index (Phi) is 3.83. The highest BCUT2D eigenvalue weighted by atomic mass is 16.5. The maximum Gasteiger partial charge on any atom is 0.0828 e. The summed E-state index contributed by atoms with van der Waals surface area (Å²) in [7, 11) is 0. The van der Waals surface area contributed by atoms with E-state index in [0.717, 1.165) is 19.7 Å². The topological polar surface area (TPSA) is 12.5 Å². The molecule has 1 saturated heterocycles. The summed E-state index contributed by atoms with van der Waals surface area (Å²) in [6.07, 6.45) is 0.478. The van der Waals surface area contributed by atoms with Gasteiger partial charge in [-0.15, -0.1) is 0 Å². The number of likely N-dealkylation sites (tertiary alicyclic amines) is 1. The van der Waals surface area contributed by atoms with E-state index in [9.17, 15) is 0 Å². The third-order valence-electron chi connectivity index (χ3n) is 2.37. The summed E-state index contributed by atoms with van der Waals surface area (Å²) < 4.78 is 5.85. The Morgan fingerprint density at radius 2 is 1.53 bits per heavy atom. The molecule has 0 saturated carbocycles. The van der Waals surface area contributed by atoms with Gasteiger partial charge in [-0.3, -0.25) is 4.90 Å². The Labute approximate surface area is 95.0 Å². The molecule has 0 aliphatic carbocycles. The van der Waals surface area contributed by atoms with Gasteiger partial charge in [-0.2, -0.15) is 0 Å². The van der Waals surface area contributed by atoms with Crippen LogP contribution in [-0.4, -0.2) is 37.2 Å². The van der Waals surface area contributed by atoms with Gasteiger partial charge in [-0.25, -0.2) is 0 Å². The minimum Gasteiger partial charge on any atom is -0.375 e. The van der Waals surface area contributed by atoms with E-state index in [-0.39, 0.29) is 0 Å². The van der Waals surface area contributed by atoms with Gasteiger partial charge < -0.3 is 4.74 Å². The lowest BCUT2D eigenvalue weighted by Gasteiger charge is -2.43. The molecule has 0 amide bonds. The van der Waals surface area contributed by atoms with E-state index < -0.39 is 0 Å². The zero-order valence-electron chi connectivity index (χ0n) is 11.3. The van der Waals surface area contributed by atoms with Gasteiger partial charge >= 0.3 is 0 Å². The molecule has 1 heterocycles. The Bertz CT molecular complexity index is 194. The molecule has 0 spiro atoms. The molecule has 90 valence electrons. The molecule has 1 rings (SSSR count). The van der Waals surface area contributed by atoms with E-state index in [1.807, 2.05) is 0 Å². The molecule has 0 bridgehead atoms. The Morgan fingerprint density at radius 3 is 1.93 bits per heavy atom. The molecule has 0 aromatic heterocycles. The van der Waals surface area contributed by atoms with E-state index in [2.05, 4.69) is 46.4 Å². The smallest absolute Gasteiger partial charge is 0.0828 e. The van der Waals surface area contributed by atoms with Crippen molar-refractivity contribution in [3.63, 3.8) is 0 Å². The van der Waals surface area contributed by atoms with Crippen molar-refractivity contribution in [1.82, 2.24) is 4.90 Å². The van der Waals surface area contributed by atoms with Crippen LogP contribution in [0.25, 0.3) is 0 Å². The summed E-state index contributed by atoms with van der Waals surface area (Å²) in [6, 6.07) is 0. The minimum absolute atomic E-state index is 0.296. The zero-order valence-corrected chi connectivity index (χ0v) is 11.3. The van der Waals surface area contributed by atoms with E-state index in [0.29, 0.717) is 16.9 Å².